The number of halogens is 3. The van der Waals surface area contributed by atoms with E-state index in [9.17, 15) is 8.78 Å². The van der Waals surface area contributed by atoms with Gasteiger partial charge in [0.2, 0.25) is 0 Å². The van der Waals surface area contributed by atoms with Gasteiger partial charge in [0.1, 0.15) is 0 Å². The molecule has 0 bridgehead atoms. The minimum Gasteiger partial charge on any atom is -0.316 e. The Hall–Kier alpha value is -0.480. The Labute approximate surface area is 109 Å². The molecule has 1 aliphatic heterocycles. The van der Waals surface area contributed by atoms with E-state index in [-0.39, 0.29) is 5.56 Å². The zero-order chi connectivity index (χ0) is 12.3. The molecule has 0 spiro atoms. The molecule has 94 valence electrons. The highest BCUT2D eigenvalue weighted by atomic mass is 79.9. The first-order valence-corrected chi connectivity index (χ1v) is 6.73. The van der Waals surface area contributed by atoms with Crippen LogP contribution in [0, 0.1) is 5.92 Å². The van der Waals surface area contributed by atoms with Crippen LogP contribution >= 0.6 is 15.9 Å². The summed E-state index contributed by atoms with van der Waals surface area (Å²) in [4.78, 5) is 0. The van der Waals surface area contributed by atoms with Gasteiger partial charge in [0.25, 0.3) is 6.43 Å². The summed E-state index contributed by atoms with van der Waals surface area (Å²) in [7, 11) is 0. The molecule has 4 heteroatoms. The Balaban J connectivity index is 2.14. The summed E-state index contributed by atoms with van der Waals surface area (Å²) in [6.45, 7) is 1.99. The summed E-state index contributed by atoms with van der Waals surface area (Å²) < 4.78 is 26.6. The van der Waals surface area contributed by atoms with Gasteiger partial charge in [-0.15, -0.1) is 0 Å². The van der Waals surface area contributed by atoms with Gasteiger partial charge in [-0.05, 0) is 56.0 Å². The maximum Gasteiger partial charge on any atom is 0.264 e. The fourth-order valence-electron chi connectivity index (χ4n) is 2.37. The van der Waals surface area contributed by atoms with Crippen molar-refractivity contribution in [1.82, 2.24) is 5.32 Å². The van der Waals surface area contributed by atoms with E-state index in [0.29, 0.717) is 5.92 Å². The molecule has 1 N–H and O–H groups in total. The number of rotatable bonds is 3. The number of nitrogens with one attached hydrogen (secondary N) is 1. The van der Waals surface area contributed by atoms with Crippen LogP contribution in [0.3, 0.4) is 0 Å². The predicted molar refractivity (Wildman–Crippen MR) is 68.4 cm³/mol. The fourth-order valence-corrected chi connectivity index (χ4v) is 2.78. The lowest BCUT2D eigenvalue weighted by Crippen LogP contribution is -2.31. The normalized spacial score (nSPS) is 20.8. The summed E-state index contributed by atoms with van der Waals surface area (Å²) in [6, 6.07) is 5.04. The van der Waals surface area contributed by atoms with Gasteiger partial charge in [-0.2, -0.15) is 0 Å². The van der Waals surface area contributed by atoms with Gasteiger partial charge in [0.15, 0.2) is 0 Å². The van der Waals surface area contributed by atoms with Gasteiger partial charge in [-0.3, -0.25) is 0 Å². The van der Waals surface area contributed by atoms with Crippen LogP contribution in [0.5, 0.6) is 0 Å². The summed E-state index contributed by atoms with van der Waals surface area (Å²) in [5.74, 6) is 0.482. The maximum absolute atomic E-state index is 12.9. The van der Waals surface area contributed by atoms with Gasteiger partial charge in [0.05, 0.1) is 0 Å². The van der Waals surface area contributed by atoms with Crippen molar-refractivity contribution < 1.29 is 8.78 Å². The third-order valence-electron chi connectivity index (χ3n) is 3.25. The molecule has 1 saturated heterocycles. The van der Waals surface area contributed by atoms with Crippen molar-refractivity contribution in [3.63, 3.8) is 0 Å². The highest BCUT2D eigenvalue weighted by Gasteiger charge is 2.18. The van der Waals surface area contributed by atoms with Crippen LogP contribution in [0.15, 0.2) is 22.7 Å². The first-order chi connectivity index (χ1) is 8.16. The number of piperidine rings is 1. The van der Waals surface area contributed by atoms with E-state index in [1.807, 2.05) is 6.07 Å². The number of benzene rings is 1. The number of alkyl halides is 2. The van der Waals surface area contributed by atoms with Crippen molar-refractivity contribution in [1.29, 1.82) is 0 Å². The van der Waals surface area contributed by atoms with Crippen LogP contribution in [0.1, 0.15) is 30.4 Å². The minimum atomic E-state index is -2.38. The van der Waals surface area contributed by atoms with E-state index in [1.54, 1.807) is 6.07 Å². The minimum absolute atomic E-state index is 0.179. The third-order valence-corrected chi connectivity index (χ3v) is 3.74. The third kappa shape index (κ3) is 3.49. The molecule has 0 aliphatic carbocycles. The second-order valence-electron chi connectivity index (χ2n) is 4.56. The van der Waals surface area contributed by atoms with Gasteiger partial charge < -0.3 is 5.32 Å². The zero-order valence-electron chi connectivity index (χ0n) is 9.56. The largest absolute Gasteiger partial charge is 0.316 e. The average Bonchev–Trinajstić information content (AvgIpc) is 2.30. The first-order valence-electron chi connectivity index (χ1n) is 5.94. The molecular weight excluding hydrogens is 288 g/mol. The Morgan fingerprint density at radius 2 is 2.24 bits per heavy atom. The van der Waals surface area contributed by atoms with Crippen molar-refractivity contribution in [2.45, 2.75) is 25.7 Å². The molecule has 1 atom stereocenters. The van der Waals surface area contributed by atoms with Crippen molar-refractivity contribution >= 4 is 15.9 Å². The van der Waals surface area contributed by atoms with Crippen LogP contribution in [0.25, 0.3) is 0 Å². The SMILES string of the molecule is FC(F)c1ccc(Br)cc1CC1CCCNC1. The van der Waals surface area contributed by atoms with Crippen LogP contribution < -0.4 is 5.32 Å². The van der Waals surface area contributed by atoms with E-state index in [2.05, 4.69) is 21.2 Å². The van der Waals surface area contributed by atoms with Crippen LogP contribution in [0.2, 0.25) is 0 Å². The average molecular weight is 304 g/mol. The first kappa shape index (κ1) is 13.0. The lowest BCUT2D eigenvalue weighted by molar-refractivity contribution is 0.149. The molecule has 1 aliphatic rings. The molecule has 0 saturated carbocycles. The molecule has 1 aromatic rings. The van der Waals surface area contributed by atoms with Crippen LogP contribution in [-0.2, 0) is 6.42 Å². The number of hydrogen-bond acceptors (Lipinski definition) is 1. The van der Waals surface area contributed by atoms with E-state index in [0.717, 1.165) is 42.4 Å². The van der Waals surface area contributed by atoms with Gasteiger partial charge >= 0.3 is 0 Å². The topological polar surface area (TPSA) is 12.0 Å². The highest BCUT2D eigenvalue weighted by Crippen LogP contribution is 2.28. The lowest BCUT2D eigenvalue weighted by Gasteiger charge is -2.23. The molecular formula is C13H16BrF2N. The monoisotopic (exact) mass is 303 g/mol. The summed E-state index contributed by atoms with van der Waals surface area (Å²) in [5, 5.41) is 3.32. The van der Waals surface area contributed by atoms with E-state index in [1.165, 1.54) is 6.07 Å². The lowest BCUT2D eigenvalue weighted by atomic mass is 9.90. The Morgan fingerprint density at radius 1 is 1.41 bits per heavy atom. The van der Waals surface area contributed by atoms with Gasteiger partial charge in [0, 0.05) is 10.0 Å². The van der Waals surface area contributed by atoms with Crippen molar-refractivity contribution in [3.8, 4) is 0 Å². The predicted octanol–water partition coefficient (Wildman–Crippen LogP) is 3.93. The molecule has 1 heterocycles. The maximum atomic E-state index is 12.9. The highest BCUT2D eigenvalue weighted by molar-refractivity contribution is 9.10. The Morgan fingerprint density at radius 3 is 2.88 bits per heavy atom. The summed E-state index contributed by atoms with van der Waals surface area (Å²) in [6.07, 6.45) is 0.631. The second kappa shape index (κ2) is 5.91. The van der Waals surface area contributed by atoms with Crippen LogP contribution in [-0.4, -0.2) is 13.1 Å². The smallest absolute Gasteiger partial charge is 0.264 e. The van der Waals surface area contributed by atoms with Gasteiger partial charge in [-0.25, -0.2) is 8.78 Å². The van der Waals surface area contributed by atoms with E-state index < -0.39 is 6.43 Å². The number of hydrogen-bond donors (Lipinski definition) is 1. The summed E-state index contributed by atoms with van der Waals surface area (Å²) >= 11 is 3.35. The van der Waals surface area contributed by atoms with Crippen LogP contribution in [0.4, 0.5) is 8.78 Å². The molecule has 2 rings (SSSR count). The quantitative estimate of drug-likeness (QED) is 0.892. The molecule has 0 amide bonds. The molecule has 17 heavy (non-hydrogen) atoms. The van der Waals surface area contributed by atoms with Crippen molar-refractivity contribution in [2.75, 3.05) is 13.1 Å². The molecule has 0 radical (unpaired) electrons. The Kier molecular flexibility index (Phi) is 4.51. The molecule has 1 aromatic carbocycles. The molecule has 1 nitrogen and oxygen atoms in total. The zero-order valence-corrected chi connectivity index (χ0v) is 11.1. The van der Waals surface area contributed by atoms with Crippen molar-refractivity contribution in [3.05, 3.63) is 33.8 Å². The molecule has 0 aromatic heterocycles. The summed E-state index contributed by atoms with van der Waals surface area (Å²) in [5.41, 5.74) is 0.960. The second-order valence-corrected chi connectivity index (χ2v) is 5.48. The van der Waals surface area contributed by atoms with E-state index >= 15 is 0 Å². The van der Waals surface area contributed by atoms with E-state index in [4.69, 9.17) is 0 Å². The molecule has 1 fully saturated rings. The fraction of sp³-hybridized carbons (Fsp3) is 0.538. The van der Waals surface area contributed by atoms with Gasteiger partial charge in [-0.1, -0.05) is 22.0 Å². The molecule has 1 unspecified atom stereocenters. The Bertz CT molecular complexity index is 376. The standard InChI is InChI=1S/C13H16BrF2N/c14-11-3-4-12(13(15)16)10(7-11)6-9-2-1-5-17-8-9/h3-4,7,9,13,17H,1-2,5-6,8H2. The van der Waals surface area contributed by atoms with Crippen molar-refractivity contribution in [2.24, 2.45) is 5.92 Å².